The van der Waals surface area contributed by atoms with E-state index in [1.165, 1.54) is 4.90 Å². The van der Waals surface area contributed by atoms with Crippen molar-refractivity contribution in [1.82, 2.24) is 4.90 Å². The Balaban J connectivity index is 1.76. The Morgan fingerprint density at radius 2 is 2.16 bits per heavy atom. The van der Waals surface area contributed by atoms with Crippen LogP contribution in [0.3, 0.4) is 0 Å². The number of nitrogens with zero attached hydrogens (tertiary/aromatic N) is 1. The summed E-state index contributed by atoms with van der Waals surface area (Å²) in [7, 11) is 0. The molecule has 0 bridgehead atoms. The number of carbonyl (C=O) groups is 2. The molecule has 19 heavy (non-hydrogen) atoms. The number of hydrogen-bond acceptors (Lipinski definition) is 3. The molecule has 2 aliphatic rings. The zero-order valence-electron chi connectivity index (χ0n) is 10.4. The summed E-state index contributed by atoms with van der Waals surface area (Å²) in [6.45, 7) is 1.25. The number of carbonyl (C=O) groups excluding carboxylic acids is 2. The van der Waals surface area contributed by atoms with E-state index in [4.69, 9.17) is 4.74 Å². The van der Waals surface area contributed by atoms with Crippen LogP contribution >= 0.6 is 22.6 Å². The van der Waals surface area contributed by atoms with Crippen molar-refractivity contribution in [3.8, 4) is 0 Å². The summed E-state index contributed by atoms with van der Waals surface area (Å²) in [4.78, 5) is 25.9. The van der Waals surface area contributed by atoms with Gasteiger partial charge in [0.25, 0.3) is 11.8 Å². The van der Waals surface area contributed by atoms with Gasteiger partial charge in [-0.1, -0.05) is 6.07 Å². The topological polar surface area (TPSA) is 46.6 Å². The fourth-order valence-electron chi connectivity index (χ4n) is 2.64. The van der Waals surface area contributed by atoms with Gasteiger partial charge in [0.05, 0.1) is 17.2 Å². The van der Waals surface area contributed by atoms with Gasteiger partial charge in [0.15, 0.2) is 0 Å². The molecule has 1 atom stereocenters. The average molecular weight is 371 g/mol. The van der Waals surface area contributed by atoms with Gasteiger partial charge in [-0.2, -0.15) is 0 Å². The normalized spacial score (nSPS) is 22.2. The van der Waals surface area contributed by atoms with Crippen molar-refractivity contribution in [2.24, 2.45) is 0 Å². The van der Waals surface area contributed by atoms with Crippen LogP contribution < -0.4 is 0 Å². The summed E-state index contributed by atoms with van der Waals surface area (Å²) in [5, 5.41) is 0. The first-order valence-corrected chi connectivity index (χ1v) is 7.52. The highest BCUT2D eigenvalue weighted by molar-refractivity contribution is 14.1. The summed E-state index contributed by atoms with van der Waals surface area (Å²) >= 11 is 2.10. The standard InChI is InChI=1S/C14H14INO3/c15-11-5-1-4-10-12(11)14(18)16(13(10)17)7-6-9-3-2-8-19-9/h1,4-5,9H,2-3,6-8H2. The molecule has 2 heterocycles. The first-order chi connectivity index (χ1) is 9.18. The van der Waals surface area contributed by atoms with E-state index in [2.05, 4.69) is 22.6 Å². The van der Waals surface area contributed by atoms with E-state index in [-0.39, 0.29) is 17.9 Å². The van der Waals surface area contributed by atoms with E-state index in [1.54, 1.807) is 6.07 Å². The minimum absolute atomic E-state index is 0.164. The molecular weight excluding hydrogens is 357 g/mol. The van der Waals surface area contributed by atoms with Crippen molar-refractivity contribution in [3.63, 3.8) is 0 Å². The molecule has 1 saturated heterocycles. The second-order valence-corrected chi connectivity index (χ2v) is 6.01. The molecule has 0 saturated carbocycles. The zero-order chi connectivity index (χ0) is 13.4. The van der Waals surface area contributed by atoms with Crippen LogP contribution in [0.5, 0.6) is 0 Å². The molecule has 0 N–H and O–H groups in total. The van der Waals surface area contributed by atoms with E-state index >= 15 is 0 Å². The Bertz CT molecular complexity index is 537. The predicted octanol–water partition coefficient (Wildman–Crippen LogP) is 2.46. The van der Waals surface area contributed by atoms with Crippen LogP contribution in [0.2, 0.25) is 0 Å². The predicted molar refractivity (Wildman–Crippen MR) is 78.1 cm³/mol. The highest BCUT2D eigenvalue weighted by atomic mass is 127. The highest BCUT2D eigenvalue weighted by Crippen LogP contribution is 2.27. The molecule has 0 aromatic heterocycles. The van der Waals surface area contributed by atoms with Crippen LogP contribution in [0.15, 0.2) is 18.2 Å². The van der Waals surface area contributed by atoms with Gasteiger partial charge < -0.3 is 4.74 Å². The molecule has 5 heteroatoms. The monoisotopic (exact) mass is 371 g/mol. The van der Waals surface area contributed by atoms with E-state index in [0.717, 1.165) is 29.4 Å². The van der Waals surface area contributed by atoms with Gasteiger partial charge >= 0.3 is 0 Å². The molecule has 0 spiro atoms. The minimum atomic E-state index is -0.170. The Morgan fingerprint density at radius 3 is 2.84 bits per heavy atom. The van der Waals surface area contributed by atoms with Crippen LogP contribution in [-0.4, -0.2) is 36.0 Å². The lowest BCUT2D eigenvalue weighted by molar-refractivity contribution is 0.0591. The van der Waals surface area contributed by atoms with E-state index < -0.39 is 0 Å². The quantitative estimate of drug-likeness (QED) is 0.606. The third kappa shape index (κ3) is 2.29. The maximum Gasteiger partial charge on any atom is 0.262 e. The number of amides is 2. The second kappa shape index (κ2) is 5.20. The number of ether oxygens (including phenoxy) is 1. The Morgan fingerprint density at radius 1 is 1.32 bits per heavy atom. The second-order valence-electron chi connectivity index (χ2n) is 4.85. The number of fused-ring (bicyclic) bond motifs is 1. The van der Waals surface area contributed by atoms with Crippen LogP contribution in [-0.2, 0) is 4.74 Å². The van der Waals surface area contributed by atoms with Gasteiger partial charge in [0.1, 0.15) is 0 Å². The molecule has 4 nitrogen and oxygen atoms in total. The van der Waals surface area contributed by atoms with Gasteiger partial charge in [-0.05, 0) is 54.0 Å². The van der Waals surface area contributed by atoms with Crippen LogP contribution in [0.25, 0.3) is 0 Å². The minimum Gasteiger partial charge on any atom is -0.378 e. The summed E-state index contributed by atoms with van der Waals surface area (Å²) in [6, 6.07) is 5.40. The lowest BCUT2D eigenvalue weighted by atomic mass is 10.1. The fourth-order valence-corrected chi connectivity index (χ4v) is 3.37. The lowest BCUT2D eigenvalue weighted by Gasteiger charge is -2.16. The first kappa shape index (κ1) is 13.1. The molecule has 1 fully saturated rings. The van der Waals surface area contributed by atoms with Crippen LogP contribution in [0.4, 0.5) is 0 Å². The summed E-state index contributed by atoms with van der Waals surface area (Å²) in [5.74, 6) is -0.334. The molecule has 100 valence electrons. The third-order valence-electron chi connectivity index (χ3n) is 3.65. The van der Waals surface area contributed by atoms with Gasteiger partial charge in [-0.25, -0.2) is 0 Å². The largest absolute Gasteiger partial charge is 0.378 e. The van der Waals surface area contributed by atoms with Crippen LogP contribution in [0.1, 0.15) is 40.0 Å². The van der Waals surface area contributed by atoms with E-state index in [1.807, 2.05) is 12.1 Å². The Hall–Kier alpha value is -0.950. The number of benzene rings is 1. The molecular formula is C14H14INO3. The Labute approximate surface area is 125 Å². The highest BCUT2D eigenvalue weighted by Gasteiger charge is 2.37. The molecule has 2 amide bonds. The molecule has 1 aromatic rings. The Kier molecular flexibility index (Phi) is 3.58. The van der Waals surface area contributed by atoms with Crippen molar-refractivity contribution < 1.29 is 14.3 Å². The van der Waals surface area contributed by atoms with Crippen molar-refractivity contribution in [3.05, 3.63) is 32.9 Å². The number of hydrogen-bond donors (Lipinski definition) is 0. The summed E-state index contributed by atoms with van der Waals surface area (Å²) in [5.41, 5.74) is 1.09. The fraction of sp³-hybridized carbons (Fsp3) is 0.429. The lowest BCUT2D eigenvalue weighted by Crippen LogP contribution is -2.32. The van der Waals surface area contributed by atoms with Gasteiger partial charge in [-0.15, -0.1) is 0 Å². The molecule has 2 aliphatic heterocycles. The van der Waals surface area contributed by atoms with Gasteiger partial charge in [-0.3, -0.25) is 14.5 Å². The van der Waals surface area contributed by atoms with Crippen molar-refractivity contribution in [2.45, 2.75) is 25.4 Å². The molecule has 1 aromatic carbocycles. The summed E-state index contributed by atoms with van der Waals surface area (Å²) in [6.07, 6.45) is 3.04. The first-order valence-electron chi connectivity index (χ1n) is 6.45. The maximum atomic E-state index is 12.3. The summed E-state index contributed by atoms with van der Waals surface area (Å²) < 4.78 is 6.37. The van der Waals surface area contributed by atoms with Gasteiger partial charge in [0, 0.05) is 16.7 Å². The SMILES string of the molecule is O=C1c2cccc(I)c2C(=O)N1CCC1CCCO1. The van der Waals surface area contributed by atoms with E-state index in [0.29, 0.717) is 17.7 Å². The number of rotatable bonds is 3. The zero-order valence-corrected chi connectivity index (χ0v) is 12.6. The third-order valence-corrected chi connectivity index (χ3v) is 4.55. The number of imide groups is 1. The smallest absolute Gasteiger partial charge is 0.262 e. The molecule has 0 aliphatic carbocycles. The molecule has 3 rings (SSSR count). The van der Waals surface area contributed by atoms with E-state index in [9.17, 15) is 9.59 Å². The maximum absolute atomic E-state index is 12.3. The number of halogens is 1. The van der Waals surface area contributed by atoms with Crippen LogP contribution in [0, 0.1) is 3.57 Å². The molecule has 1 unspecified atom stereocenters. The van der Waals surface area contributed by atoms with Crippen molar-refractivity contribution >= 4 is 34.4 Å². The molecule has 0 radical (unpaired) electrons. The van der Waals surface area contributed by atoms with Crippen molar-refractivity contribution in [1.29, 1.82) is 0 Å². The van der Waals surface area contributed by atoms with Gasteiger partial charge in [0.2, 0.25) is 0 Å². The van der Waals surface area contributed by atoms with Crippen molar-refractivity contribution in [2.75, 3.05) is 13.2 Å². The average Bonchev–Trinajstić information content (AvgIpc) is 2.98.